The van der Waals surface area contributed by atoms with Gasteiger partial charge in [-0.15, -0.1) is 0 Å². The summed E-state index contributed by atoms with van der Waals surface area (Å²) < 4.78 is 30.3. The van der Waals surface area contributed by atoms with Crippen LogP contribution >= 0.6 is 0 Å². The number of rotatable bonds is 6. The van der Waals surface area contributed by atoms with E-state index in [4.69, 9.17) is 0 Å². The molecule has 2 heterocycles. The van der Waals surface area contributed by atoms with Gasteiger partial charge in [-0.3, -0.25) is 4.90 Å². The quantitative estimate of drug-likeness (QED) is 0.420. The minimum atomic E-state index is -3.63. The third-order valence-electron chi connectivity index (χ3n) is 6.36. The second-order valence-corrected chi connectivity index (χ2v) is 10.4. The second-order valence-electron chi connectivity index (χ2n) is 8.52. The van der Waals surface area contributed by atoms with Crippen LogP contribution in [0.2, 0.25) is 0 Å². The molecule has 1 aliphatic rings. The monoisotopic (exact) mass is 472 g/mol. The number of aromatic nitrogens is 2. The van der Waals surface area contributed by atoms with Crippen LogP contribution in [-0.4, -0.2) is 53.6 Å². The van der Waals surface area contributed by atoms with Crippen molar-refractivity contribution in [1.29, 1.82) is 0 Å². The lowest BCUT2D eigenvalue weighted by atomic mass is 9.96. The Labute approximate surface area is 201 Å². The van der Waals surface area contributed by atoms with Crippen LogP contribution in [0.4, 0.5) is 0 Å². The molecule has 174 valence electrons. The standard InChI is InChI=1S/C27H28N4O2S/c1-22-26(21-31(28-22)25-15-9-4-10-16-25)34(32,33)30-19-17-29(18-20-30)27(23-11-5-2-6-12-23)24-13-7-3-8-14-24/h2-16,21,27H,17-20H2,1H3. The van der Waals surface area contributed by atoms with Crippen molar-refractivity contribution in [2.75, 3.05) is 26.2 Å². The first-order valence-electron chi connectivity index (χ1n) is 11.5. The first-order chi connectivity index (χ1) is 16.5. The summed E-state index contributed by atoms with van der Waals surface area (Å²) in [5.41, 5.74) is 3.78. The van der Waals surface area contributed by atoms with Gasteiger partial charge in [-0.05, 0) is 30.2 Å². The highest BCUT2D eigenvalue weighted by Gasteiger charge is 2.34. The predicted molar refractivity (Wildman–Crippen MR) is 133 cm³/mol. The average molecular weight is 473 g/mol. The van der Waals surface area contributed by atoms with E-state index in [9.17, 15) is 8.42 Å². The number of sulfonamides is 1. The topological polar surface area (TPSA) is 58.4 Å². The van der Waals surface area contributed by atoms with Crippen LogP contribution in [0.15, 0.2) is 102 Å². The Balaban J connectivity index is 1.37. The van der Waals surface area contributed by atoms with Gasteiger partial charge < -0.3 is 0 Å². The summed E-state index contributed by atoms with van der Waals surface area (Å²) in [4.78, 5) is 2.64. The van der Waals surface area contributed by atoms with Gasteiger partial charge >= 0.3 is 0 Å². The van der Waals surface area contributed by atoms with E-state index in [1.54, 1.807) is 22.1 Å². The fourth-order valence-corrected chi connectivity index (χ4v) is 6.21. The maximum atomic E-state index is 13.5. The van der Waals surface area contributed by atoms with E-state index in [2.05, 4.69) is 58.5 Å². The van der Waals surface area contributed by atoms with E-state index in [1.165, 1.54) is 11.1 Å². The molecule has 0 atom stereocenters. The van der Waals surface area contributed by atoms with Gasteiger partial charge in [-0.2, -0.15) is 9.40 Å². The number of hydrogen-bond acceptors (Lipinski definition) is 4. The van der Waals surface area contributed by atoms with Gasteiger partial charge in [0.2, 0.25) is 10.0 Å². The SMILES string of the molecule is Cc1nn(-c2ccccc2)cc1S(=O)(=O)N1CCN(C(c2ccccc2)c2ccccc2)CC1. The van der Waals surface area contributed by atoms with E-state index < -0.39 is 10.0 Å². The van der Waals surface area contributed by atoms with Gasteiger partial charge in [-0.1, -0.05) is 78.9 Å². The second kappa shape index (κ2) is 9.54. The van der Waals surface area contributed by atoms with E-state index in [0.29, 0.717) is 31.9 Å². The lowest BCUT2D eigenvalue weighted by Crippen LogP contribution is -2.49. The predicted octanol–water partition coefficient (Wildman–Crippen LogP) is 4.28. The molecule has 0 saturated carbocycles. The third kappa shape index (κ3) is 4.42. The fraction of sp³-hybridized carbons (Fsp3) is 0.222. The van der Waals surface area contributed by atoms with E-state index >= 15 is 0 Å². The van der Waals surface area contributed by atoms with Crippen molar-refractivity contribution in [3.05, 3.63) is 114 Å². The lowest BCUT2D eigenvalue weighted by Gasteiger charge is -2.39. The molecular weight excluding hydrogens is 444 g/mol. The number of piperazine rings is 1. The summed E-state index contributed by atoms with van der Waals surface area (Å²) in [6, 6.07) is 30.5. The van der Waals surface area contributed by atoms with Gasteiger partial charge in [0.15, 0.2) is 0 Å². The Morgan fingerprint density at radius 1 is 0.735 bits per heavy atom. The molecule has 5 rings (SSSR count). The van der Waals surface area contributed by atoms with Crippen molar-refractivity contribution in [3.8, 4) is 5.69 Å². The molecule has 6 nitrogen and oxygen atoms in total. The van der Waals surface area contributed by atoms with Crippen molar-refractivity contribution < 1.29 is 8.42 Å². The highest BCUT2D eigenvalue weighted by atomic mass is 32.2. The molecule has 0 N–H and O–H groups in total. The van der Waals surface area contributed by atoms with E-state index in [1.807, 2.05) is 42.5 Å². The number of hydrogen-bond donors (Lipinski definition) is 0. The summed E-state index contributed by atoms with van der Waals surface area (Å²) >= 11 is 0. The maximum absolute atomic E-state index is 13.5. The zero-order chi connectivity index (χ0) is 23.5. The normalized spacial score (nSPS) is 15.6. The fourth-order valence-electron chi connectivity index (χ4n) is 4.64. The van der Waals surface area contributed by atoms with Crippen molar-refractivity contribution >= 4 is 10.0 Å². The van der Waals surface area contributed by atoms with Crippen molar-refractivity contribution in [2.24, 2.45) is 0 Å². The Morgan fingerprint density at radius 3 is 1.76 bits per heavy atom. The maximum Gasteiger partial charge on any atom is 0.246 e. The molecule has 0 spiro atoms. The third-order valence-corrected chi connectivity index (χ3v) is 8.36. The van der Waals surface area contributed by atoms with Crippen molar-refractivity contribution in [2.45, 2.75) is 17.9 Å². The largest absolute Gasteiger partial charge is 0.290 e. The number of nitrogens with zero attached hydrogens (tertiary/aromatic N) is 4. The van der Waals surface area contributed by atoms with Crippen LogP contribution in [0.25, 0.3) is 5.69 Å². The van der Waals surface area contributed by atoms with E-state index in [-0.39, 0.29) is 10.9 Å². The summed E-state index contributed by atoms with van der Waals surface area (Å²) in [7, 11) is -3.63. The average Bonchev–Trinajstić information content (AvgIpc) is 3.29. The number of benzene rings is 3. The molecule has 1 aliphatic heterocycles. The van der Waals surface area contributed by atoms with Crippen molar-refractivity contribution in [3.63, 3.8) is 0 Å². The Bertz CT molecular complexity index is 1290. The first-order valence-corrected chi connectivity index (χ1v) is 12.9. The van der Waals surface area contributed by atoms with Crippen LogP contribution < -0.4 is 0 Å². The molecule has 1 aromatic heterocycles. The summed E-state index contributed by atoms with van der Waals surface area (Å²) in [6.07, 6.45) is 1.63. The van der Waals surface area contributed by atoms with Crippen LogP contribution in [0.5, 0.6) is 0 Å². The van der Waals surface area contributed by atoms with Crippen molar-refractivity contribution in [1.82, 2.24) is 19.0 Å². The molecule has 0 bridgehead atoms. The molecule has 1 fully saturated rings. The number of para-hydroxylation sites is 1. The molecule has 1 saturated heterocycles. The molecular formula is C27H28N4O2S. The summed E-state index contributed by atoms with van der Waals surface area (Å²) in [5.74, 6) is 0. The van der Waals surface area contributed by atoms with Gasteiger partial charge in [0.25, 0.3) is 0 Å². The van der Waals surface area contributed by atoms with Crippen LogP contribution in [0.1, 0.15) is 22.9 Å². The molecule has 3 aromatic carbocycles. The highest BCUT2D eigenvalue weighted by molar-refractivity contribution is 7.89. The Kier molecular flexibility index (Phi) is 6.32. The molecule has 0 aliphatic carbocycles. The minimum Gasteiger partial charge on any atom is -0.290 e. The van der Waals surface area contributed by atoms with Crippen LogP contribution in [-0.2, 0) is 10.0 Å². The molecule has 0 unspecified atom stereocenters. The zero-order valence-corrected chi connectivity index (χ0v) is 20.0. The molecule has 7 heteroatoms. The lowest BCUT2D eigenvalue weighted by molar-refractivity contribution is 0.156. The van der Waals surface area contributed by atoms with E-state index in [0.717, 1.165) is 5.69 Å². The van der Waals surface area contributed by atoms with Crippen LogP contribution in [0, 0.1) is 6.92 Å². The first kappa shape index (κ1) is 22.5. The molecule has 34 heavy (non-hydrogen) atoms. The molecule has 4 aromatic rings. The Hall–Kier alpha value is -3.26. The smallest absolute Gasteiger partial charge is 0.246 e. The van der Waals surface area contributed by atoms with Gasteiger partial charge in [0.05, 0.1) is 23.6 Å². The van der Waals surface area contributed by atoms with Gasteiger partial charge in [0.1, 0.15) is 4.90 Å². The molecule has 0 amide bonds. The minimum absolute atomic E-state index is 0.0924. The van der Waals surface area contributed by atoms with Crippen LogP contribution in [0.3, 0.4) is 0 Å². The summed E-state index contributed by atoms with van der Waals surface area (Å²) in [5, 5.41) is 4.46. The Morgan fingerprint density at radius 2 is 1.24 bits per heavy atom. The zero-order valence-electron chi connectivity index (χ0n) is 19.2. The molecule has 0 radical (unpaired) electrons. The van der Waals surface area contributed by atoms with Gasteiger partial charge in [0, 0.05) is 26.2 Å². The summed E-state index contributed by atoms with van der Waals surface area (Å²) in [6.45, 7) is 3.94. The van der Waals surface area contributed by atoms with Gasteiger partial charge in [-0.25, -0.2) is 13.1 Å². The highest BCUT2D eigenvalue weighted by Crippen LogP contribution is 2.31. The number of aryl methyl sites for hydroxylation is 1.